The van der Waals surface area contributed by atoms with Gasteiger partial charge in [0.1, 0.15) is 5.82 Å². The zero-order valence-corrected chi connectivity index (χ0v) is 12.8. The fraction of sp³-hybridized carbons (Fsp3) is 0.533. The molecule has 1 aromatic rings. The van der Waals surface area contributed by atoms with E-state index in [0.29, 0.717) is 25.7 Å². The standard InChI is InChI=1S/C15H25FN4O/c1-3-21-10-4-8-18-15(20-17)19-9-7-13-5-6-14(16)11-12(13)2/h5-6,11H,3-4,7-10,17H2,1-2H3,(H2,18,19,20). The maximum atomic E-state index is 13.0. The topological polar surface area (TPSA) is 71.7 Å². The second-order valence-corrected chi connectivity index (χ2v) is 4.67. The molecule has 1 rings (SSSR count). The van der Waals surface area contributed by atoms with Crippen LogP contribution in [0.4, 0.5) is 4.39 Å². The number of hydrogen-bond acceptors (Lipinski definition) is 3. The van der Waals surface area contributed by atoms with Gasteiger partial charge in [-0.1, -0.05) is 6.07 Å². The van der Waals surface area contributed by atoms with Gasteiger partial charge in [-0.3, -0.25) is 10.4 Å². The lowest BCUT2D eigenvalue weighted by Crippen LogP contribution is -2.42. The van der Waals surface area contributed by atoms with Gasteiger partial charge in [-0.25, -0.2) is 10.2 Å². The number of halogens is 1. The number of rotatable bonds is 8. The van der Waals surface area contributed by atoms with E-state index in [2.05, 4.69) is 15.7 Å². The van der Waals surface area contributed by atoms with E-state index in [1.165, 1.54) is 6.07 Å². The van der Waals surface area contributed by atoms with Crippen molar-refractivity contribution in [2.24, 2.45) is 10.8 Å². The van der Waals surface area contributed by atoms with Gasteiger partial charge in [-0.05, 0) is 49.9 Å². The van der Waals surface area contributed by atoms with Crippen LogP contribution in [0.15, 0.2) is 23.2 Å². The third-order valence-electron chi connectivity index (χ3n) is 3.05. The van der Waals surface area contributed by atoms with Crippen LogP contribution in [0, 0.1) is 12.7 Å². The molecule has 1 aromatic carbocycles. The highest BCUT2D eigenvalue weighted by molar-refractivity contribution is 5.79. The number of ether oxygens (including phenoxy) is 1. The molecule has 0 amide bonds. The van der Waals surface area contributed by atoms with Crippen LogP contribution in [0.1, 0.15) is 24.5 Å². The van der Waals surface area contributed by atoms with E-state index in [-0.39, 0.29) is 5.82 Å². The summed E-state index contributed by atoms with van der Waals surface area (Å²) < 4.78 is 18.2. The zero-order chi connectivity index (χ0) is 15.5. The van der Waals surface area contributed by atoms with Gasteiger partial charge in [0.15, 0.2) is 0 Å². The number of hydrazine groups is 1. The minimum absolute atomic E-state index is 0.204. The summed E-state index contributed by atoms with van der Waals surface area (Å²) in [6.07, 6.45) is 1.64. The average Bonchev–Trinajstić information content (AvgIpc) is 2.47. The molecule has 0 unspecified atom stereocenters. The first-order valence-electron chi connectivity index (χ1n) is 7.25. The van der Waals surface area contributed by atoms with Gasteiger partial charge in [0.2, 0.25) is 5.96 Å². The van der Waals surface area contributed by atoms with Crippen molar-refractivity contribution in [2.75, 3.05) is 26.3 Å². The molecule has 6 heteroatoms. The van der Waals surface area contributed by atoms with Gasteiger partial charge in [-0.15, -0.1) is 0 Å². The number of hydrogen-bond donors (Lipinski definition) is 3. The molecule has 0 aliphatic heterocycles. The molecule has 0 radical (unpaired) electrons. The maximum absolute atomic E-state index is 13.0. The molecule has 0 fully saturated rings. The highest BCUT2D eigenvalue weighted by Gasteiger charge is 2.01. The molecule has 0 aliphatic rings. The molecule has 0 saturated carbocycles. The average molecular weight is 296 g/mol. The molecule has 0 aromatic heterocycles. The molecule has 0 saturated heterocycles. The summed E-state index contributed by atoms with van der Waals surface area (Å²) in [6.45, 7) is 6.63. The Morgan fingerprint density at radius 3 is 2.90 bits per heavy atom. The summed E-state index contributed by atoms with van der Waals surface area (Å²) in [5.41, 5.74) is 4.60. The minimum atomic E-state index is -0.204. The largest absolute Gasteiger partial charge is 0.382 e. The summed E-state index contributed by atoms with van der Waals surface area (Å²) in [4.78, 5) is 4.31. The highest BCUT2D eigenvalue weighted by Crippen LogP contribution is 2.10. The fourth-order valence-electron chi connectivity index (χ4n) is 1.91. The Kier molecular flexibility index (Phi) is 8.38. The van der Waals surface area contributed by atoms with Crippen molar-refractivity contribution >= 4 is 5.96 Å². The highest BCUT2D eigenvalue weighted by atomic mass is 19.1. The molecule has 21 heavy (non-hydrogen) atoms. The van der Waals surface area contributed by atoms with Crippen molar-refractivity contribution in [3.05, 3.63) is 35.1 Å². The Hall–Kier alpha value is -1.66. The normalized spacial score (nSPS) is 11.5. The van der Waals surface area contributed by atoms with Crippen LogP contribution in [0.2, 0.25) is 0 Å². The molecule has 118 valence electrons. The first-order chi connectivity index (χ1) is 10.2. The van der Waals surface area contributed by atoms with Crippen LogP contribution in [0.3, 0.4) is 0 Å². The lowest BCUT2D eigenvalue weighted by atomic mass is 10.1. The first-order valence-corrected chi connectivity index (χ1v) is 7.25. The molecule has 0 heterocycles. The predicted molar refractivity (Wildman–Crippen MR) is 83.6 cm³/mol. The van der Waals surface area contributed by atoms with Crippen LogP contribution in [-0.2, 0) is 11.2 Å². The summed E-state index contributed by atoms with van der Waals surface area (Å²) in [5.74, 6) is 5.78. The number of nitrogens with two attached hydrogens (primary N) is 1. The van der Waals surface area contributed by atoms with E-state index in [9.17, 15) is 4.39 Å². The zero-order valence-electron chi connectivity index (χ0n) is 12.8. The lowest BCUT2D eigenvalue weighted by molar-refractivity contribution is 0.146. The smallest absolute Gasteiger partial charge is 0.205 e. The second-order valence-electron chi connectivity index (χ2n) is 4.67. The van der Waals surface area contributed by atoms with Crippen molar-refractivity contribution in [1.29, 1.82) is 0 Å². The van der Waals surface area contributed by atoms with E-state index >= 15 is 0 Å². The van der Waals surface area contributed by atoms with Crippen molar-refractivity contribution < 1.29 is 9.13 Å². The Morgan fingerprint density at radius 2 is 2.24 bits per heavy atom. The van der Waals surface area contributed by atoms with Crippen LogP contribution in [0.5, 0.6) is 0 Å². The minimum Gasteiger partial charge on any atom is -0.382 e. The van der Waals surface area contributed by atoms with Crippen LogP contribution < -0.4 is 16.6 Å². The van der Waals surface area contributed by atoms with Crippen LogP contribution in [0.25, 0.3) is 0 Å². The number of aliphatic imine (C=N–C) groups is 1. The Bertz CT molecular complexity index is 451. The van der Waals surface area contributed by atoms with Gasteiger partial charge in [0.05, 0.1) is 0 Å². The van der Waals surface area contributed by atoms with E-state index in [0.717, 1.165) is 30.6 Å². The summed E-state index contributed by atoms with van der Waals surface area (Å²) in [6, 6.07) is 4.83. The summed E-state index contributed by atoms with van der Waals surface area (Å²) in [5, 5.41) is 3.13. The van der Waals surface area contributed by atoms with Crippen molar-refractivity contribution in [3.63, 3.8) is 0 Å². The Labute approximate surface area is 125 Å². The predicted octanol–water partition coefficient (Wildman–Crippen LogP) is 1.51. The fourth-order valence-corrected chi connectivity index (χ4v) is 1.91. The SMILES string of the molecule is CCOCCCN=C(NN)NCCc1ccc(F)cc1C. The van der Waals surface area contributed by atoms with E-state index < -0.39 is 0 Å². The third-order valence-corrected chi connectivity index (χ3v) is 3.05. The maximum Gasteiger partial charge on any atom is 0.205 e. The molecule has 0 aliphatic carbocycles. The van der Waals surface area contributed by atoms with E-state index in [4.69, 9.17) is 10.6 Å². The molecule has 5 nitrogen and oxygen atoms in total. The van der Waals surface area contributed by atoms with Crippen LogP contribution >= 0.6 is 0 Å². The molecule has 4 N–H and O–H groups in total. The number of aryl methyl sites for hydroxylation is 1. The molecule has 0 spiro atoms. The molecule has 0 bridgehead atoms. The van der Waals surface area contributed by atoms with Crippen LogP contribution in [-0.4, -0.2) is 32.3 Å². The lowest BCUT2D eigenvalue weighted by Gasteiger charge is -2.10. The molecular formula is C15H25FN4O. The Balaban J connectivity index is 2.32. The van der Waals surface area contributed by atoms with Crippen molar-refractivity contribution in [2.45, 2.75) is 26.7 Å². The first kappa shape index (κ1) is 17.4. The van der Waals surface area contributed by atoms with E-state index in [1.54, 1.807) is 12.1 Å². The number of nitrogens with one attached hydrogen (secondary N) is 2. The third kappa shape index (κ3) is 7.06. The molecule has 0 atom stereocenters. The van der Waals surface area contributed by atoms with Gasteiger partial charge in [0.25, 0.3) is 0 Å². The molecular weight excluding hydrogens is 271 g/mol. The quantitative estimate of drug-likeness (QED) is 0.224. The number of guanidine groups is 1. The number of nitrogens with zero attached hydrogens (tertiary/aromatic N) is 1. The van der Waals surface area contributed by atoms with Crippen molar-refractivity contribution in [3.8, 4) is 0 Å². The summed E-state index contributed by atoms with van der Waals surface area (Å²) >= 11 is 0. The van der Waals surface area contributed by atoms with Gasteiger partial charge in [0, 0.05) is 26.3 Å². The van der Waals surface area contributed by atoms with Gasteiger partial charge in [-0.2, -0.15) is 0 Å². The van der Waals surface area contributed by atoms with Crippen molar-refractivity contribution in [1.82, 2.24) is 10.7 Å². The van der Waals surface area contributed by atoms with Gasteiger partial charge >= 0.3 is 0 Å². The second kappa shape index (κ2) is 10.1. The van der Waals surface area contributed by atoms with Gasteiger partial charge < -0.3 is 10.1 Å². The summed E-state index contributed by atoms with van der Waals surface area (Å²) in [7, 11) is 0. The number of benzene rings is 1. The monoisotopic (exact) mass is 296 g/mol. The Morgan fingerprint density at radius 1 is 1.43 bits per heavy atom. The van der Waals surface area contributed by atoms with E-state index in [1.807, 2.05) is 13.8 Å².